The number of aliphatic hydroxyl groups is 1. The fraction of sp³-hybridized carbons (Fsp3) is 0.667. The number of aryl methyl sites for hydroxylation is 2. The Morgan fingerprint density at radius 3 is 2.69 bits per heavy atom. The maximum atomic E-state index is 11.7. The lowest BCUT2D eigenvalue weighted by Crippen LogP contribution is -2.30. The highest BCUT2D eigenvalue weighted by Gasteiger charge is 2.18. The number of hydrogen-bond acceptors (Lipinski definition) is 4. The Hall–Kier alpha value is -0.920. The van der Waals surface area contributed by atoms with Crippen LogP contribution in [0.5, 0.6) is 0 Å². The van der Waals surface area contributed by atoms with E-state index in [2.05, 4.69) is 9.71 Å². The van der Waals surface area contributed by atoms with Gasteiger partial charge in [-0.2, -0.15) is 0 Å². The lowest BCUT2D eigenvalue weighted by atomic mass is 10.4. The fourth-order valence-electron chi connectivity index (χ4n) is 1.23. The molecule has 16 heavy (non-hydrogen) atoms. The first-order valence-corrected chi connectivity index (χ1v) is 6.56. The first kappa shape index (κ1) is 13.1. The van der Waals surface area contributed by atoms with Crippen molar-refractivity contribution in [1.29, 1.82) is 0 Å². The van der Waals surface area contributed by atoms with E-state index in [-0.39, 0.29) is 11.6 Å². The largest absolute Gasteiger partial charge is 0.392 e. The van der Waals surface area contributed by atoms with E-state index in [4.69, 9.17) is 5.11 Å². The zero-order chi connectivity index (χ0) is 12.3. The van der Waals surface area contributed by atoms with Gasteiger partial charge in [-0.3, -0.25) is 0 Å². The molecule has 92 valence electrons. The van der Waals surface area contributed by atoms with Gasteiger partial charge in [-0.05, 0) is 20.8 Å². The van der Waals surface area contributed by atoms with Gasteiger partial charge in [0.15, 0.2) is 5.03 Å². The highest BCUT2D eigenvalue weighted by atomic mass is 32.2. The summed E-state index contributed by atoms with van der Waals surface area (Å²) in [6.07, 6.45) is 0.767. The molecular formula is C9H17N3O3S. The van der Waals surface area contributed by atoms with E-state index in [0.29, 0.717) is 12.4 Å². The maximum Gasteiger partial charge on any atom is 0.259 e. The predicted molar refractivity (Wildman–Crippen MR) is 59.5 cm³/mol. The second-order valence-electron chi connectivity index (χ2n) is 3.61. The molecule has 0 aromatic carbocycles. The van der Waals surface area contributed by atoms with E-state index in [1.54, 1.807) is 11.5 Å². The van der Waals surface area contributed by atoms with Crippen molar-refractivity contribution in [3.63, 3.8) is 0 Å². The summed E-state index contributed by atoms with van der Waals surface area (Å²) in [6, 6.07) is 0. The first-order valence-electron chi connectivity index (χ1n) is 5.08. The quantitative estimate of drug-likeness (QED) is 0.759. The van der Waals surface area contributed by atoms with Gasteiger partial charge < -0.3 is 9.67 Å². The summed E-state index contributed by atoms with van der Waals surface area (Å²) in [4.78, 5) is 3.96. The summed E-state index contributed by atoms with van der Waals surface area (Å²) in [5.41, 5.74) is 0. The Bertz CT molecular complexity index is 451. The molecule has 0 bridgehead atoms. The molecule has 1 heterocycles. The molecule has 1 aromatic heterocycles. The van der Waals surface area contributed by atoms with Crippen molar-refractivity contribution in [1.82, 2.24) is 14.3 Å². The van der Waals surface area contributed by atoms with Crippen LogP contribution < -0.4 is 4.72 Å². The van der Waals surface area contributed by atoms with Gasteiger partial charge in [-0.25, -0.2) is 18.1 Å². The van der Waals surface area contributed by atoms with E-state index in [9.17, 15) is 8.42 Å². The average Bonchev–Trinajstić information content (AvgIpc) is 2.57. The molecule has 1 rings (SSSR count). The molecule has 0 radical (unpaired) electrons. The van der Waals surface area contributed by atoms with Gasteiger partial charge in [-0.1, -0.05) is 0 Å². The number of sulfonamides is 1. The van der Waals surface area contributed by atoms with E-state index in [0.717, 1.165) is 0 Å². The summed E-state index contributed by atoms with van der Waals surface area (Å²) in [6.45, 7) is 5.83. The monoisotopic (exact) mass is 247 g/mol. The Morgan fingerprint density at radius 2 is 2.25 bits per heavy atom. The molecule has 0 saturated heterocycles. The number of aliphatic hydroxyl groups excluding tert-OH is 1. The Labute approximate surface area is 95.4 Å². The Morgan fingerprint density at radius 1 is 1.62 bits per heavy atom. The molecule has 7 heteroatoms. The van der Waals surface area contributed by atoms with Gasteiger partial charge in [0.25, 0.3) is 10.0 Å². The van der Waals surface area contributed by atoms with Crippen LogP contribution in [0, 0.1) is 6.92 Å². The molecular weight excluding hydrogens is 230 g/mol. The van der Waals surface area contributed by atoms with Crippen molar-refractivity contribution >= 4 is 10.0 Å². The van der Waals surface area contributed by atoms with Crippen LogP contribution in [0.2, 0.25) is 0 Å². The average molecular weight is 247 g/mol. The van der Waals surface area contributed by atoms with Gasteiger partial charge in [-0.15, -0.1) is 0 Å². The molecule has 0 amide bonds. The zero-order valence-corrected chi connectivity index (χ0v) is 10.5. The third-order valence-corrected chi connectivity index (χ3v) is 3.43. The van der Waals surface area contributed by atoms with E-state index in [1.165, 1.54) is 13.1 Å². The lowest BCUT2D eigenvalue weighted by molar-refractivity contribution is 0.198. The number of nitrogens with one attached hydrogen (secondary N) is 1. The molecule has 2 N–H and O–H groups in total. The molecule has 6 nitrogen and oxygen atoms in total. The van der Waals surface area contributed by atoms with Crippen molar-refractivity contribution < 1.29 is 13.5 Å². The van der Waals surface area contributed by atoms with Crippen LogP contribution >= 0.6 is 0 Å². The highest BCUT2D eigenvalue weighted by Crippen LogP contribution is 2.08. The summed E-state index contributed by atoms with van der Waals surface area (Å²) in [5.74, 6) is 0.653. The Kier molecular flexibility index (Phi) is 4.06. The maximum absolute atomic E-state index is 11.7. The van der Waals surface area contributed by atoms with Gasteiger partial charge >= 0.3 is 0 Å². The van der Waals surface area contributed by atoms with E-state index in [1.807, 2.05) is 6.92 Å². The summed E-state index contributed by atoms with van der Waals surface area (Å²) < 4.78 is 27.5. The van der Waals surface area contributed by atoms with Crippen molar-refractivity contribution in [3.8, 4) is 0 Å². The second-order valence-corrected chi connectivity index (χ2v) is 5.33. The minimum absolute atomic E-state index is 0.00694. The highest BCUT2D eigenvalue weighted by molar-refractivity contribution is 7.89. The molecule has 1 aromatic rings. The van der Waals surface area contributed by atoms with Gasteiger partial charge in [0.05, 0.1) is 6.10 Å². The molecule has 0 aliphatic rings. The lowest BCUT2D eigenvalue weighted by Gasteiger charge is -2.05. The molecule has 0 aliphatic heterocycles. The number of aromatic nitrogens is 2. The molecule has 0 unspecified atom stereocenters. The van der Waals surface area contributed by atoms with E-state index >= 15 is 0 Å². The second kappa shape index (κ2) is 4.94. The number of imidazole rings is 1. The third-order valence-electron chi connectivity index (χ3n) is 2.14. The minimum Gasteiger partial charge on any atom is -0.392 e. The zero-order valence-electron chi connectivity index (χ0n) is 9.64. The fourth-order valence-corrected chi connectivity index (χ4v) is 2.36. The van der Waals surface area contributed by atoms with Crippen molar-refractivity contribution in [2.45, 2.75) is 38.4 Å². The van der Waals surface area contributed by atoms with Crippen LogP contribution in [0.4, 0.5) is 0 Å². The number of rotatable bonds is 5. The van der Waals surface area contributed by atoms with Crippen molar-refractivity contribution in [2.75, 3.05) is 6.54 Å². The van der Waals surface area contributed by atoms with Crippen LogP contribution in [0.25, 0.3) is 0 Å². The SMILES string of the molecule is CCn1cc(S(=O)(=O)NC[C@@H](C)O)nc1C. The summed E-state index contributed by atoms with van der Waals surface area (Å²) in [7, 11) is -3.61. The molecule has 0 spiro atoms. The third kappa shape index (κ3) is 3.03. The molecule has 0 fully saturated rings. The van der Waals surface area contributed by atoms with Crippen molar-refractivity contribution in [2.24, 2.45) is 0 Å². The van der Waals surface area contributed by atoms with E-state index < -0.39 is 16.1 Å². The van der Waals surface area contributed by atoms with Crippen LogP contribution in [0.1, 0.15) is 19.7 Å². The summed E-state index contributed by atoms with van der Waals surface area (Å²) >= 11 is 0. The standard InChI is InChI=1S/C9H17N3O3S/c1-4-12-6-9(11-8(12)3)16(14,15)10-5-7(2)13/h6-7,10,13H,4-5H2,1-3H3/t7-/m1/s1. The van der Waals surface area contributed by atoms with Crippen molar-refractivity contribution in [3.05, 3.63) is 12.0 Å². The number of nitrogens with zero attached hydrogens (tertiary/aromatic N) is 2. The topological polar surface area (TPSA) is 84.2 Å². The summed E-state index contributed by atoms with van der Waals surface area (Å²) in [5, 5.41) is 9.01. The normalized spacial score (nSPS) is 14.0. The van der Waals surface area contributed by atoms with Gasteiger partial charge in [0.2, 0.25) is 0 Å². The van der Waals surface area contributed by atoms with Crippen LogP contribution in [0.15, 0.2) is 11.2 Å². The molecule has 0 aliphatic carbocycles. The van der Waals surface area contributed by atoms with Crippen LogP contribution in [-0.4, -0.2) is 35.7 Å². The first-order chi connectivity index (χ1) is 7.36. The van der Waals surface area contributed by atoms with Gasteiger partial charge in [0, 0.05) is 19.3 Å². The Balaban J connectivity index is 2.90. The number of hydrogen-bond donors (Lipinski definition) is 2. The van der Waals surface area contributed by atoms with Crippen LogP contribution in [0.3, 0.4) is 0 Å². The smallest absolute Gasteiger partial charge is 0.259 e. The van der Waals surface area contributed by atoms with Crippen LogP contribution in [-0.2, 0) is 16.6 Å². The molecule has 0 saturated carbocycles. The minimum atomic E-state index is -3.61. The predicted octanol–water partition coefficient (Wildman–Crippen LogP) is -0.129. The van der Waals surface area contributed by atoms with Gasteiger partial charge in [0.1, 0.15) is 5.82 Å². The molecule has 1 atom stereocenters.